The second kappa shape index (κ2) is 4.45. The van der Waals surface area contributed by atoms with Crippen molar-refractivity contribution in [2.75, 3.05) is 13.1 Å². The Morgan fingerprint density at radius 1 is 1.58 bits per heavy atom. The Balaban J connectivity index is 2.21. The first-order valence-electron chi connectivity index (χ1n) is 4.68. The van der Waals surface area contributed by atoms with E-state index in [0.29, 0.717) is 12.5 Å². The van der Waals surface area contributed by atoms with Crippen LogP contribution in [-0.4, -0.2) is 25.0 Å². The van der Waals surface area contributed by atoms with E-state index in [1.807, 2.05) is 6.92 Å². The molecule has 3 nitrogen and oxygen atoms in total. The van der Waals surface area contributed by atoms with Crippen LogP contribution in [-0.2, 0) is 4.79 Å². The maximum absolute atomic E-state index is 11.0. The van der Waals surface area contributed by atoms with Crippen LogP contribution >= 0.6 is 0 Å². The number of nitrogens with one attached hydrogen (secondary N) is 2. The van der Waals surface area contributed by atoms with E-state index in [1.54, 1.807) is 0 Å². The van der Waals surface area contributed by atoms with E-state index in [2.05, 4.69) is 12.4 Å². The van der Waals surface area contributed by atoms with Crippen LogP contribution in [0.25, 0.3) is 0 Å². The number of amides is 1. The third-order valence-electron chi connectivity index (χ3n) is 2.38. The van der Waals surface area contributed by atoms with E-state index >= 15 is 0 Å². The summed E-state index contributed by atoms with van der Waals surface area (Å²) in [4.78, 5) is 12.4. The number of likely N-dealkylation sites (tertiary alicyclic amines) is 1. The van der Waals surface area contributed by atoms with Gasteiger partial charge < -0.3 is 10.2 Å². The molecule has 12 heavy (non-hydrogen) atoms. The number of piperidine rings is 1. The molecular weight excluding hydrogens is 152 g/mol. The average molecular weight is 170 g/mol. The standard InChI is InChI=1S/C9H18N2O/c1-3-9(12)10-8-4-6-11(2)7-5-8/h8,11H,2-7H2,1H3,(H,10,12). The first kappa shape index (κ1) is 9.52. The van der Waals surface area contributed by atoms with Crippen LogP contribution in [0.15, 0.2) is 0 Å². The molecule has 1 aliphatic rings. The van der Waals surface area contributed by atoms with E-state index in [9.17, 15) is 4.79 Å². The highest BCUT2D eigenvalue weighted by molar-refractivity contribution is 5.75. The van der Waals surface area contributed by atoms with Crippen molar-refractivity contribution in [1.29, 1.82) is 0 Å². The number of rotatable bonds is 2. The number of carbonyl (C=O) groups excluding carboxylic acids is 1. The number of hydrogen-bond donors (Lipinski definition) is 2. The molecule has 0 aromatic rings. The Morgan fingerprint density at radius 3 is 2.67 bits per heavy atom. The van der Waals surface area contributed by atoms with Crippen LogP contribution in [0.5, 0.6) is 0 Å². The molecule has 0 radical (unpaired) electrons. The van der Waals surface area contributed by atoms with Gasteiger partial charge in [0.25, 0.3) is 0 Å². The topological polar surface area (TPSA) is 33.5 Å². The highest BCUT2D eigenvalue weighted by Crippen LogP contribution is 1.99. The van der Waals surface area contributed by atoms with Crippen molar-refractivity contribution in [1.82, 2.24) is 5.32 Å². The van der Waals surface area contributed by atoms with E-state index in [0.717, 1.165) is 25.9 Å². The fourth-order valence-corrected chi connectivity index (χ4v) is 1.50. The van der Waals surface area contributed by atoms with E-state index in [-0.39, 0.29) is 5.91 Å². The Kier molecular flexibility index (Phi) is 3.53. The SMILES string of the molecule is [CH2-][NH+]1CCC(NC(=O)CC)CC1. The average Bonchev–Trinajstić information content (AvgIpc) is 2.09. The molecule has 3 heteroatoms. The summed E-state index contributed by atoms with van der Waals surface area (Å²) in [6.07, 6.45) is 2.74. The molecule has 1 rings (SSSR count). The smallest absolute Gasteiger partial charge is 0.219 e. The lowest BCUT2D eigenvalue weighted by Gasteiger charge is -2.31. The lowest BCUT2D eigenvalue weighted by molar-refractivity contribution is -0.859. The summed E-state index contributed by atoms with van der Waals surface area (Å²) in [6.45, 7) is 4.04. The van der Waals surface area contributed by atoms with Crippen LogP contribution in [0.1, 0.15) is 26.2 Å². The van der Waals surface area contributed by atoms with Gasteiger partial charge in [-0.05, 0) is 0 Å². The molecule has 0 spiro atoms. The minimum Gasteiger partial charge on any atom is -0.468 e. The molecule has 2 N–H and O–H groups in total. The summed E-state index contributed by atoms with van der Waals surface area (Å²) < 4.78 is 0. The fourth-order valence-electron chi connectivity index (χ4n) is 1.50. The molecule has 0 saturated carbocycles. The number of carbonyl (C=O) groups is 1. The monoisotopic (exact) mass is 170 g/mol. The van der Waals surface area contributed by atoms with Crippen LogP contribution in [0.4, 0.5) is 0 Å². The minimum atomic E-state index is 0.174. The molecule has 1 amide bonds. The van der Waals surface area contributed by atoms with Crippen molar-refractivity contribution in [2.45, 2.75) is 32.2 Å². The molecule has 0 atom stereocenters. The number of hydrogen-bond acceptors (Lipinski definition) is 1. The zero-order valence-electron chi connectivity index (χ0n) is 7.73. The van der Waals surface area contributed by atoms with Gasteiger partial charge in [-0.1, -0.05) is 6.92 Å². The number of quaternary nitrogens is 1. The Bertz CT molecular complexity index is 151. The summed E-state index contributed by atoms with van der Waals surface area (Å²) >= 11 is 0. The van der Waals surface area contributed by atoms with E-state index in [1.165, 1.54) is 4.90 Å². The molecule has 0 bridgehead atoms. The minimum absolute atomic E-state index is 0.174. The van der Waals surface area contributed by atoms with Gasteiger partial charge >= 0.3 is 0 Å². The first-order valence-corrected chi connectivity index (χ1v) is 4.68. The van der Waals surface area contributed by atoms with Crippen molar-refractivity contribution in [2.24, 2.45) is 0 Å². The van der Waals surface area contributed by atoms with Crippen molar-refractivity contribution in [3.8, 4) is 0 Å². The van der Waals surface area contributed by atoms with Crippen molar-refractivity contribution in [3.05, 3.63) is 7.05 Å². The van der Waals surface area contributed by atoms with Gasteiger partial charge in [0.2, 0.25) is 5.91 Å². The molecule has 70 valence electrons. The molecular formula is C9H18N2O. The van der Waals surface area contributed by atoms with Gasteiger partial charge in [-0.2, -0.15) is 7.05 Å². The fraction of sp³-hybridized carbons (Fsp3) is 0.778. The van der Waals surface area contributed by atoms with E-state index < -0.39 is 0 Å². The Morgan fingerprint density at radius 2 is 2.17 bits per heavy atom. The third-order valence-corrected chi connectivity index (χ3v) is 2.38. The van der Waals surface area contributed by atoms with Gasteiger partial charge in [-0.25, -0.2) is 0 Å². The second-order valence-corrected chi connectivity index (χ2v) is 3.45. The predicted molar refractivity (Wildman–Crippen MR) is 47.5 cm³/mol. The summed E-state index contributed by atoms with van der Waals surface area (Å²) in [5, 5.41) is 3.01. The lowest BCUT2D eigenvalue weighted by Crippen LogP contribution is -3.08. The van der Waals surface area contributed by atoms with Gasteiger partial charge in [0.1, 0.15) is 0 Å². The van der Waals surface area contributed by atoms with Crippen LogP contribution < -0.4 is 10.2 Å². The predicted octanol–water partition coefficient (Wildman–Crippen LogP) is -0.649. The summed E-state index contributed by atoms with van der Waals surface area (Å²) in [5.41, 5.74) is 0. The Hall–Kier alpha value is -0.570. The largest absolute Gasteiger partial charge is 0.468 e. The zero-order valence-corrected chi connectivity index (χ0v) is 7.73. The summed E-state index contributed by atoms with van der Waals surface area (Å²) in [5.74, 6) is 0.174. The molecule has 1 heterocycles. The highest BCUT2D eigenvalue weighted by atomic mass is 16.1. The molecule has 0 aromatic carbocycles. The van der Waals surface area contributed by atoms with Gasteiger partial charge in [0.15, 0.2) is 0 Å². The Labute approximate surface area is 74.1 Å². The zero-order chi connectivity index (χ0) is 8.97. The third kappa shape index (κ3) is 2.81. The maximum atomic E-state index is 11.0. The summed E-state index contributed by atoms with van der Waals surface area (Å²) in [7, 11) is 3.94. The molecule has 1 saturated heterocycles. The normalized spacial score (nSPS) is 29.8. The van der Waals surface area contributed by atoms with Crippen molar-refractivity contribution in [3.63, 3.8) is 0 Å². The lowest BCUT2D eigenvalue weighted by atomic mass is 10.1. The summed E-state index contributed by atoms with van der Waals surface area (Å²) in [6, 6.07) is 0.406. The molecule has 0 aromatic heterocycles. The van der Waals surface area contributed by atoms with Gasteiger partial charge in [-0.15, -0.1) is 0 Å². The quantitative estimate of drug-likeness (QED) is 0.531. The molecule has 1 fully saturated rings. The van der Waals surface area contributed by atoms with Crippen LogP contribution in [0, 0.1) is 7.05 Å². The molecule has 0 unspecified atom stereocenters. The van der Waals surface area contributed by atoms with Crippen LogP contribution in [0.2, 0.25) is 0 Å². The van der Waals surface area contributed by atoms with Crippen LogP contribution in [0.3, 0.4) is 0 Å². The van der Waals surface area contributed by atoms with E-state index in [4.69, 9.17) is 0 Å². The first-order chi connectivity index (χ1) is 5.72. The highest BCUT2D eigenvalue weighted by Gasteiger charge is 2.17. The van der Waals surface area contributed by atoms with Gasteiger partial charge in [0.05, 0.1) is 13.1 Å². The maximum Gasteiger partial charge on any atom is 0.219 e. The molecule has 0 aliphatic carbocycles. The van der Waals surface area contributed by atoms with Gasteiger partial charge in [0, 0.05) is 25.3 Å². The molecule has 1 aliphatic heterocycles. The van der Waals surface area contributed by atoms with Gasteiger partial charge in [-0.3, -0.25) is 4.79 Å². The van der Waals surface area contributed by atoms with Crippen molar-refractivity contribution < 1.29 is 9.69 Å². The van der Waals surface area contributed by atoms with Crippen molar-refractivity contribution >= 4 is 5.91 Å². The second-order valence-electron chi connectivity index (χ2n) is 3.45.